The number of carbonyl (C=O) groups excluding carboxylic acids is 2. The molecule has 2 rings (SSSR count). The molecule has 0 aromatic carbocycles. The lowest BCUT2D eigenvalue weighted by molar-refractivity contribution is 0.0922. The van der Waals surface area contributed by atoms with Crippen LogP contribution >= 0.6 is 43.2 Å². The third-order valence-corrected chi connectivity index (χ3v) is 4.23. The van der Waals surface area contributed by atoms with E-state index in [1.165, 1.54) is 11.3 Å². The van der Waals surface area contributed by atoms with Crippen LogP contribution in [0, 0.1) is 0 Å². The maximum atomic E-state index is 11.2. The van der Waals surface area contributed by atoms with Gasteiger partial charge in [-0.05, 0) is 31.9 Å². The van der Waals surface area contributed by atoms with Crippen LogP contribution in [0.4, 0.5) is 0 Å². The number of ketones is 2. The Morgan fingerprint density at radius 2 is 1.42 bits per heavy atom. The summed E-state index contributed by atoms with van der Waals surface area (Å²) >= 11 is 7.87. The predicted molar refractivity (Wildman–Crippen MR) is 53.0 cm³/mol. The van der Waals surface area contributed by atoms with Gasteiger partial charge in [-0.2, -0.15) is 0 Å². The van der Waals surface area contributed by atoms with E-state index < -0.39 is 0 Å². The van der Waals surface area contributed by atoms with Crippen LogP contribution in [0.25, 0.3) is 0 Å². The highest BCUT2D eigenvalue weighted by atomic mass is 79.9. The summed E-state index contributed by atoms with van der Waals surface area (Å²) in [6.45, 7) is 0. The van der Waals surface area contributed by atoms with Gasteiger partial charge >= 0.3 is 0 Å². The number of carbonyl (C=O) groups is 2. The van der Waals surface area contributed by atoms with Gasteiger partial charge in [0.1, 0.15) is 0 Å². The third-order valence-electron chi connectivity index (χ3n) is 1.70. The Kier molecular flexibility index (Phi) is 1.97. The van der Waals surface area contributed by atoms with Crippen molar-refractivity contribution >= 4 is 54.8 Å². The molecule has 0 N–H and O–H groups in total. The fourth-order valence-corrected chi connectivity index (χ4v) is 4.45. The molecule has 0 radical (unpaired) electrons. The van der Waals surface area contributed by atoms with Gasteiger partial charge in [0, 0.05) is 0 Å². The van der Waals surface area contributed by atoms with E-state index in [0.717, 1.165) is 7.57 Å². The van der Waals surface area contributed by atoms with Crippen molar-refractivity contribution in [1.29, 1.82) is 0 Å². The van der Waals surface area contributed by atoms with Crippen LogP contribution in [-0.4, -0.2) is 11.6 Å². The van der Waals surface area contributed by atoms with E-state index >= 15 is 0 Å². The SMILES string of the molecule is O=C1CC(=O)c2c(Br)sc(Br)c21. The van der Waals surface area contributed by atoms with Crippen LogP contribution in [0.2, 0.25) is 0 Å². The zero-order valence-corrected chi connectivity index (χ0v) is 9.68. The van der Waals surface area contributed by atoms with E-state index in [-0.39, 0.29) is 18.0 Å². The molecule has 0 saturated heterocycles. The summed E-state index contributed by atoms with van der Waals surface area (Å²) < 4.78 is 1.50. The molecule has 12 heavy (non-hydrogen) atoms. The highest BCUT2D eigenvalue weighted by Gasteiger charge is 2.33. The van der Waals surface area contributed by atoms with E-state index in [1.807, 2.05) is 0 Å². The molecule has 62 valence electrons. The molecule has 0 fully saturated rings. The van der Waals surface area contributed by atoms with Crippen LogP contribution in [0.15, 0.2) is 7.57 Å². The molecule has 1 aliphatic carbocycles. The topological polar surface area (TPSA) is 34.1 Å². The molecular formula is C7H2Br2O2S. The van der Waals surface area contributed by atoms with E-state index in [2.05, 4.69) is 31.9 Å². The summed E-state index contributed by atoms with van der Waals surface area (Å²) in [6.07, 6.45) is 0.0232. The molecule has 5 heteroatoms. The van der Waals surface area contributed by atoms with E-state index in [4.69, 9.17) is 0 Å². The van der Waals surface area contributed by atoms with Crippen LogP contribution in [-0.2, 0) is 0 Å². The van der Waals surface area contributed by atoms with Crippen molar-refractivity contribution in [3.63, 3.8) is 0 Å². The Bertz CT molecular complexity index is 360. The Labute approximate surface area is 89.2 Å². The summed E-state index contributed by atoms with van der Waals surface area (Å²) in [5.74, 6) is -0.160. The minimum absolute atomic E-state index is 0.0232. The summed E-state index contributed by atoms with van der Waals surface area (Å²) in [6, 6.07) is 0. The van der Waals surface area contributed by atoms with Gasteiger partial charge in [-0.15, -0.1) is 11.3 Å². The van der Waals surface area contributed by atoms with Crippen molar-refractivity contribution < 1.29 is 9.59 Å². The molecule has 0 atom stereocenters. The summed E-state index contributed by atoms with van der Waals surface area (Å²) in [5, 5.41) is 0. The smallest absolute Gasteiger partial charge is 0.173 e. The van der Waals surface area contributed by atoms with Gasteiger partial charge < -0.3 is 0 Å². The first-order valence-electron chi connectivity index (χ1n) is 3.15. The molecule has 1 aromatic heterocycles. The fourth-order valence-electron chi connectivity index (χ4n) is 1.20. The highest BCUT2D eigenvalue weighted by molar-refractivity contribution is 9.12. The van der Waals surface area contributed by atoms with E-state index in [9.17, 15) is 9.59 Å². The Balaban J connectivity index is 2.78. The molecule has 0 aliphatic heterocycles. The largest absolute Gasteiger partial charge is 0.294 e. The molecule has 0 amide bonds. The number of rotatable bonds is 0. The molecule has 1 aliphatic rings. The average Bonchev–Trinajstić information content (AvgIpc) is 2.38. The maximum Gasteiger partial charge on any atom is 0.173 e. The van der Waals surface area contributed by atoms with Gasteiger partial charge in [0.25, 0.3) is 0 Å². The maximum absolute atomic E-state index is 11.2. The zero-order valence-electron chi connectivity index (χ0n) is 5.69. The summed E-state index contributed by atoms with van der Waals surface area (Å²) in [4.78, 5) is 22.5. The lowest BCUT2D eigenvalue weighted by Crippen LogP contribution is -1.92. The second-order valence-corrected chi connectivity index (χ2v) is 6.08. The van der Waals surface area contributed by atoms with E-state index in [1.54, 1.807) is 0 Å². The zero-order chi connectivity index (χ0) is 8.88. The number of halogens is 2. The first-order chi connectivity index (χ1) is 5.61. The van der Waals surface area contributed by atoms with Crippen LogP contribution in [0.5, 0.6) is 0 Å². The molecule has 0 spiro atoms. The lowest BCUT2D eigenvalue weighted by atomic mass is 10.2. The highest BCUT2D eigenvalue weighted by Crippen LogP contribution is 2.41. The van der Waals surface area contributed by atoms with Crippen molar-refractivity contribution in [2.45, 2.75) is 6.42 Å². The van der Waals surface area contributed by atoms with Gasteiger partial charge in [0.2, 0.25) is 0 Å². The van der Waals surface area contributed by atoms with Gasteiger partial charge in [0.15, 0.2) is 11.6 Å². The van der Waals surface area contributed by atoms with Crippen molar-refractivity contribution in [2.24, 2.45) is 0 Å². The van der Waals surface area contributed by atoms with Crippen LogP contribution in [0.3, 0.4) is 0 Å². The van der Waals surface area contributed by atoms with E-state index in [0.29, 0.717) is 11.1 Å². The van der Waals surface area contributed by atoms with Gasteiger partial charge in [0.05, 0.1) is 25.1 Å². The van der Waals surface area contributed by atoms with Crippen molar-refractivity contribution in [1.82, 2.24) is 0 Å². The average molecular weight is 310 g/mol. The lowest BCUT2D eigenvalue weighted by Gasteiger charge is -1.84. The molecule has 1 heterocycles. The normalized spacial score (nSPS) is 15.5. The monoisotopic (exact) mass is 308 g/mol. The quantitative estimate of drug-likeness (QED) is 0.690. The predicted octanol–water partition coefficient (Wildman–Crippen LogP) is 3.04. The summed E-state index contributed by atoms with van der Waals surface area (Å²) in [5.41, 5.74) is 1.11. The Hall–Kier alpha value is -0.000000000000000111. The number of Topliss-reactive ketones (excluding diaryl/α,β-unsaturated/α-hetero) is 2. The van der Waals surface area contributed by atoms with Crippen LogP contribution in [0.1, 0.15) is 27.1 Å². The standard InChI is InChI=1S/C7H2Br2O2S/c8-6-4-2(10)1-3(11)5(4)7(9)12-6/h1H2. The third kappa shape index (κ3) is 1.03. The molecule has 0 saturated carbocycles. The second kappa shape index (κ2) is 2.75. The summed E-state index contributed by atoms with van der Waals surface area (Å²) in [7, 11) is 0. The first-order valence-corrected chi connectivity index (χ1v) is 5.55. The number of thiophene rings is 1. The van der Waals surface area contributed by atoms with Gasteiger partial charge in [-0.1, -0.05) is 0 Å². The number of fused-ring (bicyclic) bond motifs is 1. The Morgan fingerprint density at radius 1 is 1.00 bits per heavy atom. The first kappa shape index (κ1) is 8.59. The second-order valence-electron chi connectivity index (χ2n) is 2.42. The molecular weight excluding hydrogens is 308 g/mol. The molecule has 0 unspecified atom stereocenters. The minimum Gasteiger partial charge on any atom is -0.294 e. The molecule has 2 nitrogen and oxygen atoms in total. The number of hydrogen-bond acceptors (Lipinski definition) is 3. The fraction of sp³-hybridized carbons (Fsp3) is 0.143. The molecule has 1 aromatic rings. The minimum atomic E-state index is -0.0798. The molecule has 0 bridgehead atoms. The Morgan fingerprint density at radius 3 is 1.83 bits per heavy atom. The number of hydrogen-bond donors (Lipinski definition) is 0. The van der Waals surface area contributed by atoms with Crippen molar-refractivity contribution in [3.05, 3.63) is 18.7 Å². The van der Waals surface area contributed by atoms with Crippen molar-refractivity contribution in [3.8, 4) is 0 Å². The van der Waals surface area contributed by atoms with Crippen LogP contribution < -0.4 is 0 Å². The van der Waals surface area contributed by atoms with Gasteiger partial charge in [-0.3, -0.25) is 9.59 Å². The van der Waals surface area contributed by atoms with Crippen molar-refractivity contribution in [2.75, 3.05) is 0 Å². The van der Waals surface area contributed by atoms with Gasteiger partial charge in [-0.25, -0.2) is 0 Å².